The van der Waals surface area contributed by atoms with Gasteiger partial charge in [-0.15, -0.1) is 0 Å². The van der Waals surface area contributed by atoms with E-state index in [4.69, 9.17) is 10.00 Å². The molecule has 7 nitrogen and oxygen atoms in total. The second-order valence-electron chi connectivity index (χ2n) is 6.64. The maximum Gasteiger partial charge on any atom is 0.257 e. The third-order valence-corrected chi connectivity index (χ3v) is 4.54. The Morgan fingerprint density at radius 2 is 1.77 bits per heavy atom. The Balaban J connectivity index is 2.16. The van der Waals surface area contributed by atoms with E-state index in [0.717, 1.165) is 0 Å². The quantitative estimate of drug-likeness (QED) is 0.597. The van der Waals surface area contributed by atoms with E-state index in [1.165, 1.54) is 44.2 Å². The molecular formula is C19H18N2O5. The van der Waals surface area contributed by atoms with Crippen LogP contribution in [0.1, 0.15) is 35.3 Å². The zero-order chi connectivity index (χ0) is 19.2. The molecule has 0 bridgehead atoms. The molecule has 0 radical (unpaired) electrons. The van der Waals surface area contributed by atoms with Crippen molar-refractivity contribution in [1.82, 2.24) is 5.32 Å². The highest BCUT2D eigenvalue weighted by Crippen LogP contribution is 2.47. The number of hydrogen-bond acceptors (Lipinski definition) is 6. The van der Waals surface area contributed by atoms with Crippen LogP contribution in [0, 0.1) is 11.3 Å². The molecule has 2 aromatic rings. The van der Waals surface area contributed by atoms with Gasteiger partial charge >= 0.3 is 0 Å². The summed E-state index contributed by atoms with van der Waals surface area (Å²) < 4.78 is 5.60. The van der Waals surface area contributed by atoms with Crippen LogP contribution in [0.5, 0.6) is 5.75 Å². The summed E-state index contributed by atoms with van der Waals surface area (Å²) in [6.45, 7) is 2.74. The monoisotopic (exact) mass is 354 g/mol. The van der Waals surface area contributed by atoms with Gasteiger partial charge in [0.15, 0.2) is 5.60 Å². The number of carbonyl (C=O) groups is 1. The summed E-state index contributed by atoms with van der Waals surface area (Å²) >= 11 is 0. The van der Waals surface area contributed by atoms with Crippen LogP contribution in [0.25, 0.3) is 0 Å². The van der Waals surface area contributed by atoms with Crippen molar-refractivity contribution in [2.75, 3.05) is 0 Å². The first kappa shape index (κ1) is 17.9. The van der Waals surface area contributed by atoms with Gasteiger partial charge in [0.25, 0.3) is 11.7 Å². The molecule has 0 spiro atoms. The fourth-order valence-electron chi connectivity index (χ4n) is 2.92. The van der Waals surface area contributed by atoms with Crippen molar-refractivity contribution < 1.29 is 24.9 Å². The zero-order valence-corrected chi connectivity index (χ0v) is 14.2. The van der Waals surface area contributed by atoms with Crippen molar-refractivity contribution in [3.8, 4) is 11.8 Å². The van der Waals surface area contributed by atoms with E-state index in [1.807, 2.05) is 6.07 Å². The van der Waals surface area contributed by atoms with E-state index >= 15 is 0 Å². The van der Waals surface area contributed by atoms with Gasteiger partial charge in [0.05, 0.1) is 17.2 Å². The average molecular weight is 354 g/mol. The molecule has 1 aliphatic heterocycles. The van der Waals surface area contributed by atoms with Crippen LogP contribution in [0.4, 0.5) is 0 Å². The Bertz CT molecular complexity index is 902. The molecule has 7 heteroatoms. The predicted molar refractivity (Wildman–Crippen MR) is 90.8 cm³/mol. The topological polar surface area (TPSA) is 123 Å². The Morgan fingerprint density at radius 3 is 2.38 bits per heavy atom. The van der Waals surface area contributed by atoms with E-state index in [-0.39, 0.29) is 22.4 Å². The third kappa shape index (κ3) is 2.52. The summed E-state index contributed by atoms with van der Waals surface area (Å²) in [7, 11) is 0. The number of fused-ring (bicyclic) bond motifs is 1. The zero-order valence-electron chi connectivity index (χ0n) is 14.2. The predicted octanol–water partition coefficient (Wildman–Crippen LogP) is 0.985. The fraction of sp³-hybridized carbons (Fsp3) is 0.263. The SMILES string of the molecule is CC1(C)Oc2ccc(C#N)cc2C(O)(NC(=O)c2ccccc2)C1(O)O. The normalized spacial score (nSPS) is 22.5. The second-order valence-corrected chi connectivity index (χ2v) is 6.64. The van der Waals surface area contributed by atoms with Crippen molar-refractivity contribution in [3.05, 3.63) is 65.2 Å². The van der Waals surface area contributed by atoms with Gasteiger partial charge in [0, 0.05) is 5.56 Å². The number of benzene rings is 2. The molecule has 2 aromatic carbocycles. The van der Waals surface area contributed by atoms with Gasteiger partial charge in [-0.2, -0.15) is 5.26 Å². The Labute approximate surface area is 150 Å². The van der Waals surface area contributed by atoms with Crippen LogP contribution >= 0.6 is 0 Å². The maximum absolute atomic E-state index is 12.6. The molecule has 134 valence electrons. The van der Waals surface area contributed by atoms with Crippen molar-refractivity contribution in [3.63, 3.8) is 0 Å². The summed E-state index contributed by atoms with van der Waals surface area (Å²) in [4.78, 5) is 12.6. The Hall–Kier alpha value is -2.92. The highest BCUT2D eigenvalue weighted by Gasteiger charge is 2.65. The average Bonchev–Trinajstić information content (AvgIpc) is 2.61. The van der Waals surface area contributed by atoms with Crippen molar-refractivity contribution in [2.24, 2.45) is 0 Å². The van der Waals surface area contributed by atoms with Crippen molar-refractivity contribution in [2.45, 2.75) is 31.0 Å². The van der Waals surface area contributed by atoms with Crippen LogP contribution in [0.2, 0.25) is 0 Å². The molecule has 1 unspecified atom stereocenters. The minimum Gasteiger partial charge on any atom is -0.482 e. The van der Waals surface area contributed by atoms with E-state index in [9.17, 15) is 20.1 Å². The first-order valence-electron chi connectivity index (χ1n) is 7.91. The summed E-state index contributed by atoms with van der Waals surface area (Å²) in [6, 6.07) is 14.1. The van der Waals surface area contributed by atoms with Gasteiger partial charge in [-0.1, -0.05) is 18.2 Å². The summed E-state index contributed by atoms with van der Waals surface area (Å²) in [5.41, 5.74) is -4.00. The maximum atomic E-state index is 12.6. The lowest BCUT2D eigenvalue weighted by Gasteiger charge is -2.52. The number of hydrogen-bond donors (Lipinski definition) is 4. The van der Waals surface area contributed by atoms with Crippen molar-refractivity contribution in [1.29, 1.82) is 5.26 Å². The van der Waals surface area contributed by atoms with E-state index < -0.39 is 23.0 Å². The molecule has 1 heterocycles. The van der Waals surface area contributed by atoms with Gasteiger partial charge in [0.1, 0.15) is 5.75 Å². The summed E-state index contributed by atoms with van der Waals surface area (Å²) in [5, 5.41) is 44.0. The number of carbonyl (C=O) groups excluding carboxylic acids is 1. The molecule has 0 aromatic heterocycles. The molecule has 3 rings (SSSR count). The molecule has 1 atom stereocenters. The molecule has 0 aliphatic carbocycles. The summed E-state index contributed by atoms with van der Waals surface area (Å²) in [5.74, 6) is -3.47. The number of nitrogens with one attached hydrogen (secondary N) is 1. The van der Waals surface area contributed by atoms with Gasteiger partial charge < -0.3 is 25.4 Å². The number of aliphatic hydroxyl groups is 3. The van der Waals surface area contributed by atoms with E-state index in [1.54, 1.807) is 18.2 Å². The van der Waals surface area contributed by atoms with Gasteiger partial charge in [-0.3, -0.25) is 4.79 Å². The molecule has 0 saturated carbocycles. The Kier molecular flexibility index (Phi) is 4.00. The number of nitriles is 1. The second kappa shape index (κ2) is 5.81. The molecule has 4 N–H and O–H groups in total. The lowest BCUT2D eigenvalue weighted by atomic mass is 9.79. The summed E-state index contributed by atoms with van der Waals surface area (Å²) in [6.07, 6.45) is 0. The number of ether oxygens (including phenoxy) is 1. The van der Waals surface area contributed by atoms with Crippen LogP contribution in [-0.4, -0.2) is 32.6 Å². The van der Waals surface area contributed by atoms with Crippen LogP contribution < -0.4 is 10.1 Å². The minimum absolute atomic E-state index is 0.120. The fourth-order valence-corrected chi connectivity index (χ4v) is 2.92. The standard InChI is InChI=1S/C19H18N2O5/c1-17(2)19(24,25)18(23,21-16(22)13-6-4-3-5-7-13)14-10-12(11-20)8-9-15(14)26-17/h3-10,23-25H,1-2H3,(H,21,22). The molecular weight excluding hydrogens is 336 g/mol. The third-order valence-electron chi connectivity index (χ3n) is 4.54. The van der Waals surface area contributed by atoms with Crippen LogP contribution in [0.15, 0.2) is 48.5 Å². The highest BCUT2D eigenvalue weighted by molar-refractivity contribution is 5.94. The number of nitrogens with zero attached hydrogens (tertiary/aromatic N) is 1. The van der Waals surface area contributed by atoms with Gasteiger partial charge in [-0.05, 0) is 44.2 Å². The smallest absolute Gasteiger partial charge is 0.257 e. The van der Waals surface area contributed by atoms with Crippen LogP contribution in [0.3, 0.4) is 0 Å². The van der Waals surface area contributed by atoms with Gasteiger partial charge in [-0.25, -0.2) is 0 Å². The molecule has 0 saturated heterocycles. The van der Waals surface area contributed by atoms with E-state index in [0.29, 0.717) is 0 Å². The lowest BCUT2D eigenvalue weighted by molar-refractivity contribution is -0.357. The van der Waals surface area contributed by atoms with Crippen LogP contribution in [-0.2, 0) is 5.72 Å². The van der Waals surface area contributed by atoms with E-state index in [2.05, 4.69) is 5.32 Å². The first-order valence-corrected chi connectivity index (χ1v) is 7.91. The molecule has 1 aliphatic rings. The number of rotatable bonds is 2. The molecule has 26 heavy (non-hydrogen) atoms. The van der Waals surface area contributed by atoms with Gasteiger partial charge in [0.2, 0.25) is 5.72 Å². The minimum atomic E-state index is -2.88. The number of amides is 1. The highest BCUT2D eigenvalue weighted by atomic mass is 16.6. The first-order chi connectivity index (χ1) is 12.1. The molecule has 1 amide bonds. The largest absolute Gasteiger partial charge is 0.482 e. The Morgan fingerprint density at radius 1 is 1.12 bits per heavy atom. The van der Waals surface area contributed by atoms with Crippen molar-refractivity contribution >= 4 is 5.91 Å². The lowest BCUT2D eigenvalue weighted by Crippen LogP contribution is -2.74. The molecule has 0 fully saturated rings.